The molecule has 2 N–H and O–H groups in total. The van der Waals surface area contributed by atoms with E-state index < -0.39 is 0 Å². The summed E-state index contributed by atoms with van der Waals surface area (Å²) in [5, 5.41) is 10.8. The molecule has 0 fully saturated rings. The molecule has 13 heavy (non-hydrogen) atoms. The third-order valence-electron chi connectivity index (χ3n) is 1.48. The van der Waals surface area contributed by atoms with Gasteiger partial charge in [-0.05, 0) is 0 Å². The fourth-order valence-electron chi connectivity index (χ4n) is 0.889. The highest BCUT2D eigenvalue weighted by molar-refractivity contribution is 5.77. The van der Waals surface area contributed by atoms with Crippen LogP contribution in [0, 0.1) is 11.3 Å². The van der Waals surface area contributed by atoms with E-state index in [0.717, 1.165) is 5.82 Å². The second-order valence-corrected chi connectivity index (χ2v) is 2.47. The highest BCUT2D eigenvalue weighted by Crippen LogP contribution is 1.88. The topological polar surface area (TPSA) is 81.6 Å². The molecule has 0 aliphatic carbocycles. The number of aromatic amines is 1. The number of nitrogens with one attached hydrogen (secondary N) is 2. The molecule has 0 aliphatic rings. The molecule has 1 heterocycles. The molecule has 0 aliphatic heterocycles. The number of carbonyl (C=O) groups excluding carboxylic acids is 1. The summed E-state index contributed by atoms with van der Waals surface area (Å²) in [4.78, 5) is 17.7. The van der Waals surface area contributed by atoms with E-state index in [-0.39, 0.29) is 12.3 Å². The van der Waals surface area contributed by atoms with Crippen molar-refractivity contribution in [3.05, 3.63) is 18.2 Å². The summed E-state index contributed by atoms with van der Waals surface area (Å²) in [6.45, 7) is 0.508. The number of imidazole rings is 1. The molecule has 1 rings (SSSR count). The Balaban J connectivity index is 2.15. The lowest BCUT2D eigenvalue weighted by Crippen LogP contribution is -2.25. The van der Waals surface area contributed by atoms with Crippen LogP contribution in [0.5, 0.6) is 0 Å². The Morgan fingerprint density at radius 1 is 1.77 bits per heavy atom. The third-order valence-corrected chi connectivity index (χ3v) is 1.48. The van der Waals surface area contributed by atoms with Crippen molar-refractivity contribution in [3.63, 3.8) is 0 Å². The summed E-state index contributed by atoms with van der Waals surface area (Å²) in [6, 6.07) is 1.78. The molecular formula is C8H10N4O. The van der Waals surface area contributed by atoms with E-state index in [2.05, 4.69) is 15.3 Å². The second kappa shape index (κ2) is 4.93. The van der Waals surface area contributed by atoms with E-state index in [1.54, 1.807) is 18.5 Å². The molecule has 5 nitrogen and oxygen atoms in total. The quantitative estimate of drug-likeness (QED) is 0.679. The largest absolute Gasteiger partial charge is 0.355 e. The Hall–Kier alpha value is -1.83. The highest BCUT2D eigenvalue weighted by Gasteiger charge is 1.99. The zero-order valence-electron chi connectivity index (χ0n) is 7.08. The van der Waals surface area contributed by atoms with E-state index in [4.69, 9.17) is 5.26 Å². The molecule has 0 saturated heterocycles. The van der Waals surface area contributed by atoms with Crippen molar-refractivity contribution in [1.29, 1.82) is 5.26 Å². The maximum Gasteiger partial charge on any atom is 0.234 e. The van der Waals surface area contributed by atoms with Crippen LogP contribution in [0.4, 0.5) is 0 Å². The fourth-order valence-corrected chi connectivity index (χ4v) is 0.889. The Morgan fingerprint density at radius 3 is 3.23 bits per heavy atom. The van der Waals surface area contributed by atoms with Crippen LogP contribution in [0.2, 0.25) is 0 Å². The van der Waals surface area contributed by atoms with Gasteiger partial charge in [-0.3, -0.25) is 4.79 Å². The minimum absolute atomic E-state index is 0.0852. The summed E-state index contributed by atoms with van der Waals surface area (Å²) in [5.41, 5.74) is 0. The average Bonchev–Trinajstić information content (AvgIpc) is 2.57. The number of hydrogen-bond acceptors (Lipinski definition) is 3. The third kappa shape index (κ3) is 3.38. The second-order valence-electron chi connectivity index (χ2n) is 2.47. The number of carbonyl (C=O) groups is 1. The van der Waals surface area contributed by atoms with E-state index in [1.807, 2.05) is 0 Å². The predicted octanol–water partition coefficient (Wildman–Crippen LogP) is -0.0179. The van der Waals surface area contributed by atoms with Crippen LogP contribution < -0.4 is 5.32 Å². The molecule has 1 aromatic heterocycles. The van der Waals surface area contributed by atoms with Gasteiger partial charge in [0.15, 0.2) is 0 Å². The summed E-state index contributed by atoms with van der Waals surface area (Å²) in [6.07, 6.45) is 3.96. The lowest BCUT2D eigenvalue weighted by Gasteiger charge is -1.99. The van der Waals surface area contributed by atoms with Crippen LogP contribution in [0.3, 0.4) is 0 Å². The van der Waals surface area contributed by atoms with Crippen molar-refractivity contribution in [2.45, 2.75) is 12.8 Å². The van der Waals surface area contributed by atoms with E-state index in [1.165, 1.54) is 0 Å². The van der Waals surface area contributed by atoms with Gasteiger partial charge in [0, 0.05) is 25.4 Å². The molecule has 5 heteroatoms. The van der Waals surface area contributed by atoms with Crippen LogP contribution in [-0.2, 0) is 11.2 Å². The van der Waals surface area contributed by atoms with Gasteiger partial charge in [-0.2, -0.15) is 5.26 Å². The lowest BCUT2D eigenvalue weighted by molar-refractivity contribution is -0.120. The predicted molar refractivity (Wildman–Crippen MR) is 45.5 cm³/mol. The number of H-pyrrole nitrogens is 1. The van der Waals surface area contributed by atoms with E-state index in [0.29, 0.717) is 13.0 Å². The molecule has 1 aromatic rings. The van der Waals surface area contributed by atoms with Gasteiger partial charge in [0.05, 0.1) is 6.07 Å². The normalized spacial score (nSPS) is 9.15. The van der Waals surface area contributed by atoms with Gasteiger partial charge in [-0.25, -0.2) is 4.98 Å². The monoisotopic (exact) mass is 178 g/mol. The maximum absolute atomic E-state index is 10.8. The first kappa shape index (κ1) is 9.26. The number of rotatable bonds is 4. The molecule has 1 amide bonds. The Kier molecular flexibility index (Phi) is 3.51. The smallest absolute Gasteiger partial charge is 0.234 e. The standard InChI is InChI=1S/C8H10N4O/c9-3-1-8(13)12-4-2-7-10-5-6-11-7/h5-6H,1-2,4H2,(H,10,11)(H,12,13). The molecular weight excluding hydrogens is 168 g/mol. The van der Waals surface area contributed by atoms with Crippen LogP contribution in [-0.4, -0.2) is 22.4 Å². The van der Waals surface area contributed by atoms with Crippen LogP contribution >= 0.6 is 0 Å². The molecule has 68 valence electrons. The van der Waals surface area contributed by atoms with Gasteiger partial charge in [-0.1, -0.05) is 0 Å². The van der Waals surface area contributed by atoms with Crippen molar-refractivity contribution in [2.75, 3.05) is 6.54 Å². The van der Waals surface area contributed by atoms with Crippen molar-refractivity contribution < 1.29 is 4.79 Å². The minimum Gasteiger partial charge on any atom is -0.355 e. The molecule has 0 bridgehead atoms. The first-order chi connectivity index (χ1) is 6.33. The van der Waals surface area contributed by atoms with Gasteiger partial charge < -0.3 is 10.3 Å². The van der Waals surface area contributed by atoms with Gasteiger partial charge in [0.1, 0.15) is 12.2 Å². The van der Waals surface area contributed by atoms with Crippen molar-refractivity contribution in [1.82, 2.24) is 15.3 Å². The zero-order valence-corrected chi connectivity index (χ0v) is 7.08. The number of nitriles is 1. The molecule has 0 unspecified atom stereocenters. The summed E-state index contributed by atoms with van der Waals surface area (Å²) >= 11 is 0. The average molecular weight is 178 g/mol. The van der Waals surface area contributed by atoms with Crippen LogP contribution in [0.15, 0.2) is 12.4 Å². The molecule has 0 aromatic carbocycles. The fraction of sp³-hybridized carbons (Fsp3) is 0.375. The first-order valence-corrected chi connectivity index (χ1v) is 3.95. The summed E-state index contributed by atoms with van der Waals surface area (Å²) in [7, 11) is 0. The van der Waals surface area contributed by atoms with Gasteiger partial charge in [0.25, 0.3) is 0 Å². The summed E-state index contributed by atoms with van der Waals surface area (Å²) < 4.78 is 0. The molecule has 0 spiro atoms. The minimum atomic E-state index is -0.242. The highest BCUT2D eigenvalue weighted by atomic mass is 16.1. The zero-order chi connectivity index (χ0) is 9.52. The van der Waals surface area contributed by atoms with Crippen molar-refractivity contribution in [3.8, 4) is 6.07 Å². The number of hydrogen-bond donors (Lipinski definition) is 2. The Bertz CT molecular complexity index is 298. The molecule has 0 atom stereocenters. The number of aromatic nitrogens is 2. The Morgan fingerprint density at radius 2 is 2.62 bits per heavy atom. The Labute approximate surface area is 75.8 Å². The van der Waals surface area contributed by atoms with E-state index in [9.17, 15) is 4.79 Å². The van der Waals surface area contributed by atoms with E-state index >= 15 is 0 Å². The maximum atomic E-state index is 10.8. The lowest BCUT2D eigenvalue weighted by atomic mass is 10.4. The van der Waals surface area contributed by atoms with Gasteiger partial charge in [-0.15, -0.1) is 0 Å². The summed E-state index contributed by atoms with van der Waals surface area (Å²) in [5.74, 6) is 0.589. The first-order valence-electron chi connectivity index (χ1n) is 3.95. The van der Waals surface area contributed by atoms with Crippen molar-refractivity contribution >= 4 is 5.91 Å². The van der Waals surface area contributed by atoms with Gasteiger partial charge in [0.2, 0.25) is 5.91 Å². The van der Waals surface area contributed by atoms with Crippen LogP contribution in [0.25, 0.3) is 0 Å². The van der Waals surface area contributed by atoms with Crippen LogP contribution in [0.1, 0.15) is 12.2 Å². The number of amides is 1. The SMILES string of the molecule is N#CCC(=O)NCCc1ncc[nH]1. The molecule has 0 saturated carbocycles. The molecule has 0 radical (unpaired) electrons. The van der Waals surface area contributed by atoms with Gasteiger partial charge >= 0.3 is 0 Å². The van der Waals surface area contributed by atoms with Crippen molar-refractivity contribution in [2.24, 2.45) is 0 Å². The number of nitrogens with zero attached hydrogens (tertiary/aromatic N) is 2.